The van der Waals surface area contributed by atoms with Crippen molar-refractivity contribution in [3.8, 4) is 5.75 Å². The van der Waals surface area contributed by atoms with Gasteiger partial charge >= 0.3 is 5.97 Å². The number of rotatable bonds is 10. The molecular formula is C21H31FO3. The Kier molecular flexibility index (Phi) is 7.73. The van der Waals surface area contributed by atoms with Crippen LogP contribution in [0.5, 0.6) is 5.75 Å². The number of carbonyl (C=O) groups is 1. The van der Waals surface area contributed by atoms with Crippen LogP contribution in [-0.2, 0) is 9.53 Å². The minimum Gasteiger partial charge on any atom is -0.493 e. The predicted octanol–water partition coefficient (Wildman–Crippen LogP) is 5.44. The van der Waals surface area contributed by atoms with Gasteiger partial charge in [-0.25, -0.2) is 4.39 Å². The Balaban J connectivity index is 1.61. The van der Waals surface area contributed by atoms with E-state index in [9.17, 15) is 9.18 Å². The first-order chi connectivity index (χ1) is 12.0. The van der Waals surface area contributed by atoms with Gasteiger partial charge in [-0.15, -0.1) is 0 Å². The van der Waals surface area contributed by atoms with Gasteiger partial charge in [-0.05, 0) is 55.9 Å². The monoisotopic (exact) mass is 350 g/mol. The number of hydrogen-bond acceptors (Lipinski definition) is 3. The molecule has 0 radical (unpaired) electrons. The standard InChI is InChI=1S/C21H31FO3/c1-4-5-6-7-8-15(2)21(23)25-19-12-17(13-19)14-24-20-10-9-18(22)11-16(20)3/h9-11,15,17,19H,4-8,12-14H2,1-3H3. The third kappa shape index (κ3) is 6.33. The van der Waals surface area contributed by atoms with Gasteiger partial charge in [-0.1, -0.05) is 39.5 Å². The largest absolute Gasteiger partial charge is 0.493 e. The summed E-state index contributed by atoms with van der Waals surface area (Å²) in [7, 11) is 0. The van der Waals surface area contributed by atoms with E-state index in [1.807, 2.05) is 13.8 Å². The van der Waals surface area contributed by atoms with Crippen LogP contribution in [0.4, 0.5) is 4.39 Å². The van der Waals surface area contributed by atoms with E-state index in [1.54, 1.807) is 6.07 Å². The highest BCUT2D eigenvalue weighted by atomic mass is 19.1. The van der Waals surface area contributed by atoms with Gasteiger partial charge < -0.3 is 9.47 Å². The summed E-state index contributed by atoms with van der Waals surface area (Å²) in [6.45, 7) is 6.58. The van der Waals surface area contributed by atoms with Crippen LogP contribution in [-0.4, -0.2) is 18.7 Å². The van der Waals surface area contributed by atoms with E-state index in [1.165, 1.54) is 31.4 Å². The average molecular weight is 350 g/mol. The maximum Gasteiger partial charge on any atom is 0.308 e. The van der Waals surface area contributed by atoms with Gasteiger partial charge in [0, 0.05) is 0 Å². The van der Waals surface area contributed by atoms with Crippen molar-refractivity contribution in [2.24, 2.45) is 11.8 Å². The van der Waals surface area contributed by atoms with Crippen LogP contribution < -0.4 is 4.74 Å². The first-order valence-electron chi connectivity index (χ1n) is 9.59. The number of benzene rings is 1. The highest BCUT2D eigenvalue weighted by molar-refractivity contribution is 5.72. The zero-order valence-corrected chi connectivity index (χ0v) is 15.7. The third-order valence-corrected chi connectivity index (χ3v) is 4.98. The minimum atomic E-state index is -0.246. The van der Waals surface area contributed by atoms with E-state index in [4.69, 9.17) is 9.47 Å². The molecule has 25 heavy (non-hydrogen) atoms. The number of esters is 1. The molecule has 1 aliphatic rings. The Morgan fingerprint density at radius 2 is 2.04 bits per heavy atom. The maximum absolute atomic E-state index is 13.1. The molecule has 1 fully saturated rings. The highest BCUT2D eigenvalue weighted by Gasteiger charge is 2.33. The van der Waals surface area contributed by atoms with Gasteiger partial charge in [-0.2, -0.15) is 0 Å². The quantitative estimate of drug-likeness (QED) is 0.416. The van der Waals surface area contributed by atoms with Crippen LogP contribution in [0.2, 0.25) is 0 Å². The smallest absolute Gasteiger partial charge is 0.308 e. The van der Waals surface area contributed by atoms with Crippen LogP contribution in [0.1, 0.15) is 64.4 Å². The molecule has 1 aromatic rings. The van der Waals surface area contributed by atoms with E-state index in [2.05, 4.69) is 6.92 Å². The molecule has 1 aromatic carbocycles. The van der Waals surface area contributed by atoms with Crippen LogP contribution in [0.25, 0.3) is 0 Å². The van der Waals surface area contributed by atoms with E-state index >= 15 is 0 Å². The molecule has 0 spiro atoms. The molecule has 1 saturated carbocycles. The van der Waals surface area contributed by atoms with Gasteiger partial charge in [0.15, 0.2) is 0 Å². The Morgan fingerprint density at radius 3 is 2.72 bits per heavy atom. The Labute approximate surface area is 150 Å². The molecule has 1 aliphatic carbocycles. The zero-order chi connectivity index (χ0) is 18.2. The number of aryl methyl sites for hydroxylation is 1. The van der Waals surface area contributed by atoms with E-state index in [0.29, 0.717) is 12.5 Å². The summed E-state index contributed by atoms with van der Waals surface area (Å²) in [5.41, 5.74) is 0.805. The number of hydrogen-bond donors (Lipinski definition) is 0. The lowest BCUT2D eigenvalue weighted by atomic mass is 9.83. The molecule has 1 atom stereocenters. The van der Waals surface area contributed by atoms with Crippen molar-refractivity contribution >= 4 is 5.97 Å². The second kappa shape index (κ2) is 9.79. The van der Waals surface area contributed by atoms with Crippen LogP contribution in [0, 0.1) is 24.6 Å². The van der Waals surface area contributed by atoms with Gasteiger partial charge in [0.1, 0.15) is 17.7 Å². The minimum absolute atomic E-state index is 0.00554. The van der Waals surface area contributed by atoms with E-state index in [-0.39, 0.29) is 23.8 Å². The SMILES string of the molecule is CCCCCCC(C)C(=O)OC1CC(COc2ccc(F)cc2C)C1. The Morgan fingerprint density at radius 1 is 1.28 bits per heavy atom. The van der Waals surface area contributed by atoms with Crippen molar-refractivity contribution < 1.29 is 18.7 Å². The fraction of sp³-hybridized carbons (Fsp3) is 0.667. The summed E-state index contributed by atoms with van der Waals surface area (Å²) in [5.74, 6) is 0.818. The zero-order valence-electron chi connectivity index (χ0n) is 15.7. The van der Waals surface area contributed by atoms with Gasteiger partial charge in [-0.3, -0.25) is 4.79 Å². The van der Waals surface area contributed by atoms with Crippen molar-refractivity contribution in [3.05, 3.63) is 29.6 Å². The maximum atomic E-state index is 13.1. The molecule has 0 amide bonds. The van der Waals surface area contributed by atoms with Crippen LogP contribution >= 0.6 is 0 Å². The fourth-order valence-electron chi connectivity index (χ4n) is 3.16. The first kappa shape index (κ1) is 19.7. The van der Waals surface area contributed by atoms with Crippen molar-refractivity contribution in [2.45, 2.75) is 71.8 Å². The summed E-state index contributed by atoms with van der Waals surface area (Å²) in [4.78, 5) is 12.1. The Bertz CT molecular complexity index is 552. The molecule has 140 valence electrons. The third-order valence-electron chi connectivity index (χ3n) is 4.98. The molecule has 0 aliphatic heterocycles. The Hall–Kier alpha value is -1.58. The molecule has 1 unspecified atom stereocenters. The predicted molar refractivity (Wildman–Crippen MR) is 97.2 cm³/mol. The summed E-state index contributed by atoms with van der Waals surface area (Å²) in [6, 6.07) is 4.55. The highest BCUT2D eigenvalue weighted by Crippen LogP contribution is 2.32. The van der Waals surface area contributed by atoms with Gasteiger partial charge in [0.05, 0.1) is 12.5 Å². The lowest BCUT2D eigenvalue weighted by Gasteiger charge is -2.35. The summed E-state index contributed by atoms with van der Waals surface area (Å²) in [5, 5.41) is 0. The van der Waals surface area contributed by atoms with Gasteiger partial charge in [0.2, 0.25) is 0 Å². The molecule has 2 rings (SSSR count). The first-order valence-corrected chi connectivity index (χ1v) is 9.59. The van der Waals surface area contributed by atoms with Gasteiger partial charge in [0.25, 0.3) is 0 Å². The molecule has 3 nitrogen and oxygen atoms in total. The number of unbranched alkanes of at least 4 members (excludes halogenated alkanes) is 3. The van der Waals surface area contributed by atoms with Crippen molar-refractivity contribution in [3.63, 3.8) is 0 Å². The van der Waals surface area contributed by atoms with Crippen molar-refractivity contribution in [1.29, 1.82) is 0 Å². The number of carbonyl (C=O) groups excluding carboxylic acids is 1. The molecule has 0 aromatic heterocycles. The van der Waals surface area contributed by atoms with Crippen molar-refractivity contribution in [2.75, 3.05) is 6.61 Å². The topological polar surface area (TPSA) is 35.5 Å². The molecular weight excluding hydrogens is 319 g/mol. The number of halogens is 1. The van der Waals surface area contributed by atoms with E-state index < -0.39 is 0 Å². The molecule has 0 bridgehead atoms. The normalized spacial score (nSPS) is 20.6. The molecule has 0 N–H and O–H groups in total. The lowest BCUT2D eigenvalue weighted by molar-refractivity contribution is -0.161. The second-order valence-corrected chi connectivity index (χ2v) is 7.37. The lowest BCUT2D eigenvalue weighted by Crippen LogP contribution is -2.37. The average Bonchev–Trinajstić information content (AvgIpc) is 2.54. The van der Waals surface area contributed by atoms with E-state index in [0.717, 1.165) is 37.0 Å². The summed E-state index contributed by atoms with van der Waals surface area (Å²) >= 11 is 0. The second-order valence-electron chi connectivity index (χ2n) is 7.37. The van der Waals surface area contributed by atoms with Crippen LogP contribution in [0.3, 0.4) is 0 Å². The van der Waals surface area contributed by atoms with Crippen molar-refractivity contribution in [1.82, 2.24) is 0 Å². The summed E-state index contributed by atoms with van der Waals surface area (Å²) in [6.07, 6.45) is 7.41. The molecule has 0 heterocycles. The number of ether oxygens (including phenoxy) is 2. The molecule has 4 heteroatoms. The fourth-order valence-corrected chi connectivity index (χ4v) is 3.16. The molecule has 0 saturated heterocycles. The summed E-state index contributed by atoms with van der Waals surface area (Å²) < 4.78 is 24.4. The van der Waals surface area contributed by atoms with Crippen LogP contribution in [0.15, 0.2) is 18.2 Å².